The van der Waals surface area contributed by atoms with Gasteiger partial charge in [-0.25, -0.2) is 4.79 Å². The van der Waals surface area contributed by atoms with Gasteiger partial charge < -0.3 is 14.2 Å². The van der Waals surface area contributed by atoms with Crippen molar-refractivity contribution in [3.63, 3.8) is 0 Å². The third-order valence-electron chi connectivity index (χ3n) is 3.99. The molecule has 0 aromatic carbocycles. The van der Waals surface area contributed by atoms with E-state index < -0.39 is 11.8 Å². The molecule has 88 valence electrons. The van der Waals surface area contributed by atoms with Crippen LogP contribution in [-0.4, -0.2) is 24.5 Å². The topological polar surface area (TPSA) is 44.8 Å². The van der Waals surface area contributed by atoms with Gasteiger partial charge in [-0.15, -0.1) is 0 Å². The Morgan fingerprint density at radius 2 is 2.38 bits per heavy atom. The summed E-state index contributed by atoms with van der Waals surface area (Å²) in [6.45, 7) is 6.02. The van der Waals surface area contributed by atoms with Gasteiger partial charge in [0.2, 0.25) is 0 Å². The molecule has 2 bridgehead atoms. The third kappa shape index (κ3) is 1.32. The molecular weight excluding hydrogens is 208 g/mol. The highest BCUT2D eigenvalue weighted by Crippen LogP contribution is 2.55. The zero-order valence-electron chi connectivity index (χ0n) is 9.40. The molecule has 1 aliphatic heterocycles. The minimum absolute atomic E-state index is 0.144. The van der Waals surface area contributed by atoms with E-state index in [1.165, 1.54) is 0 Å². The van der Waals surface area contributed by atoms with Crippen molar-refractivity contribution in [1.82, 2.24) is 0 Å². The van der Waals surface area contributed by atoms with Crippen LogP contribution in [0.1, 0.15) is 26.2 Å². The first kappa shape index (κ1) is 10.00. The molecule has 4 nitrogen and oxygen atoms in total. The van der Waals surface area contributed by atoms with Gasteiger partial charge in [0, 0.05) is 5.92 Å². The number of carbonyl (C=O) groups excluding carboxylic acids is 1. The molecule has 3 aliphatic rings. The predicted octanol–water partition coefficient (Wildman–Crippen LogP) is 2.24. The van der Waals surface area contributed by atoms with Crippen LogP contribution in [0, 0.1) is 11.8 Å². The standard InChI is InChI=1S/C12H16O4/c1-7(2)15-10-4-8-3-9(10)12(5-8)6-14-11(13)16-12/h8-10H,1,3-6H2,2H3. The number of cyclic esters (lactones) is 1. The van der Waals surface area contributed by atoms with Crippen LogP contribution in [0.15, 0.2) is 12.3 Å². The smallest absolute Gasteiger partial charge is 0.495 e. The number of allylic oxidation sites excluding steroid dienone is 1. The predicted molar refractivity (Wildman–Crippen MR) is 55.7 cm³/mol. The first-order valence-corrected chi connectivity index (χ1v) is 5.77. The Balaban J connectivity index is 1.79. The first-order chi connectivity index (χ1) is 7.59. The minimum atomic E-state index is -0.526. The van der Waals surface area contributed by atoms with Crippen LogP contribution in [0.2, 0.25) is 0 Å². The van der Waals surface area contributed by atoms with Crippen LogP contribution in [0.5, 0.6) is 0 Å². The van der Waals surface area contributed by atoms with Gasteiger partial charge in [-0.05, 0) is 32.1 Å². The molecule has 0 aromatic rings. The molecule has 4 atom stereocenters. The lowest BCUT2D eigenvalue weighted by molar-refractivity contribution is -0.0554. The number of fused-ring (bicyclic) bond motifs is 3. The summed E-state index contributed by atoms with van der Waals surface area (Å²) >= 11 is 0. The van der Waals surface area contributed by atoms with Gasteiger partial charge in [-0.2, -0.15) is 0 Å². The highest BCUT2D eigenvalue weighted by atomic mass is 16.8. The molecule has 1 spiro atoms. The second-order valence-electron chi connectivity index (χ2n) is 5.21. The number of carbonyl (C=O) groups is 1. The molecule has 0 radical (unpaired) electrons. The van der Waals surface area contributed by atoms with E-state index in [0.29, 0.717) is 12.5 Å². The van der Waals surface area contributed by atoms with Gasteiger partial charge in [-0.1, -0.05) is 6.58 Å². The van der Waals surface area contributed by atoms with E-state index in [1.807, 2.05) is 6.92 Å². The highest BCUT2D eigenvalue weighted by molar-refractivity contribution is 5.63. The summed E-state index contributed by atoms with van der Waals surface area (Å²) < 4.78 is 16.1. The minimum Gasteiger partial charge on any atom is -0.495 e. The maximum Gasteiger partial charge on any atom is 0.509 e. The monoisotopic (exact) mass is 224 g/mol. The van der Waals surface area contributed by atoms with Crippen molar-refractivity contribution >= 4 is 6.16 Å². The molecule has 1 heterocycles. The molecule has 2 saturated carbocycles. The fourth-order valence-electron chi connectivity index (χ4n) is 3.54. The number of hydrogen-bond donors (Lipinski definition) is 0. The van der Waals surface area contributed by atoms with Crippen molar-refractivity contribution in [3.05, 3.63) is 12.3 Å². The molecule has 4 unspecified atom stereocenters. The van der Waals surface area contributed by atoms with E-state index in [1.54, 1.807) is 0 Å². The van der Waals surface area contributed by atoms with Crippen molar-refractivity contribution in [2.75, 3.05) is 6.61 Å². The molecule has 0 N–H and O–H groups in total. The van der Waals surface area contributed by atoms with Crippen LogP contribution >= 0.6 is 0 Å². The van der Waals surface area contributed by atoms with E-state index >= 15 is 0 Å². The van der Waals surface area contributed by atoms with Crippen LogP contribution in [0.4, 0.5) is 4.79 Å². The van der Waals surface area contributed by atoms with E-state index in [4.69, 9.17) is 14.2 Å². The summed E-state index contributed by atoms with van der Waals surface area (Å²) in [5.41, 5.74) is -0.403. The average molecular weight is 224 g/mol. The SMILES string of the molecule is C=C(C)OC1CC2CC1C1(COC(=O)O1)C2. The molecule has 3 fully saturated rings. The lowest BCUT2D eigenvalue weighted by Crippen LogP contribution is -2.44. The number of rotatable bonds is 2. The van der Waals surface area contributed by atoms with E-state index in [-0.39, 0.29) is 12.0 Å². The third-order valence-corrected chi connectivity index (χ3v) is 3.99. The quantitative estimate of drug-likeness (QED) is 0.533. The Morgan fingerprint density at radius 1 is 1.56 bits per heavy atom. The molecule has 4 heteroatoms. The molecular formula is C12H16O4. The fourth-order valence-corrected chi connectivity index (χ4v) is 3.54. The average Bonchev–Trinajstić information content (AvgIpc) is 2.80. The van der Waals surface area contributed by atoms with Gasteiger partial charge in [0.1, 0.15) is 12.7 Å². The maximum absolute atomic E-state index is 11.1. The van der Waals surface area contributed by atoms with Crippen LogP contribution in [-0.2, 0) is 14.2 Å². The summed E-state index contributed by atoms with van der Waals surface area (Å²) in [6.07, 6.45) is 2.68. The Labute approximate surface area is 94.5 Å². The van der Waals surface area contributed by atoms with Crippen LogP contribution in [0.3, 0.4) is 0 Å². The Bertz CT molecular complexity index is 351. The first-order valence-electron chi connectivity index (χ1n) is 5.77. The number of ether oxygens (including phenoxy) is 3. The van der Waals surface area contributed by atoms with Crippen molar-refractivity contribution in [1.29, 1.82) is 0 Å². The fraction of sp³-hybridized carbons (Fsp3) is 0.750. The summed E-state index contributed by atoms with van der Waals surface area (Å²) in [4.78, 5) is 11.1. The van der Waals surface area contributed by atoms with Crippen molar-refractivity contribution < 1.29 is 19.0 Å². The van der Waals surface area contributed by atoms with Crippen LogP contribution in [0.25, 0.3) is 0 Å². The zero-order valence-corrected chi connectivity index (χ0v) is 9.40. The Morgan fingerprint density at radius 3 is 2.94 bits per heavy atom. The lowest BCUT2D eigenvalue weighted by atomic mass is 9.83. The number of hydrogen-bond acceptors (Lipinski definition) is 4. The molecule has 0 amide bonds. The van der Waals surface area contributed by atoms with Gasteiger partial charge in [0.25, 0.3) is 0 Å². The van der Waals surface area contributed by atoms with E-state index in [0.717, 1.165) is 25.0 Å². The van der Waals surface area contributed by atoms with Crippen LogP contribution < -0.4 is 0 Å². The molecule has 16 heavy (non-hydrogen) atoms. The van der Waals surface area contributed by atoms with Crippen molar-refractivity contribution in [2.45, 2.75) is 37.9 Å². The van der Waals surface area contributed by atoms with E-state index in [2.05, 4.69) is 6.58 Å². The van der Waals surface area contributed by atoms with Gasteiger partial charge in [0.15, 0.2) is 5.60 Å². The molecule has 1 saturated heterocycles. The van der Waals surface area contributed by atoms with Gasteiger partial charge in [-0.3, -0.25) is 0 Å². The summed E-state index contributed by atoms with van der Waals surface area (Å²) in [6, 6.07) is 0. The molecule has 3 rings (SSSR count). The Kier molecular flexibility index (Phi) is 1.97. The second-order valence-corrected chi connectivity index (χ2v) is 5.21. The molecule has 0 aromatic heterocycles. The second kappa shape index (κ2) is 3.15. The largest absolute Gasteiger partial charge is 0.509 e. The van der Waals surface area contributed by atoms with E-state index in [9.17, 15) is 4.79 Å². The summed E-state index contributed by atoms with van der Waals surface area (Å²) in [5, 5.41) is 0. The highest BCUT2D eigenvalue weighted by Gasteiger charge is 2.62. The normalized spacial score (nSPS) is 44.6. The molecule has 2 aliphatic carbocycles. The zero-order chi connectivity index (χ0) is 11.3. The summed E-state index contributed by atoms with van der Waals surface area (Å²) in [5.74, 6) is 1.61. The lowest BCUT2D eigenvalue weighted by Gasteiger charge is -2.35. The summed E-state index contributed by atoms with van der Waals surface area (Å²) in [7, 11) is 0. The Hall–Kier alpha value is -1.19. The van der Waals surface area contributed by atoms with Crippen molar-refractivity contribution in [3.8, 4) is 0 Å². The van der Waals surface area contributed by atoms with Crippen molar-refractivity contribution in [2.24, 2.45) is 11.8 Å². The van der Waals surface area contributed by atoms with Gasteiger partial charge in [0.05, 0.1) is 5.76 Å². The van der Waals surface area contributed by atoms with Gasteiger partial charge >= 0.3 is 6.16 Å². The maximum atomic E-state index is 11.1.